The molecule has 0 saturated heterocycles. The van der Waals surface area contributed by atoms with Gasteiger partial charge in [0.2, 0.25) is 10.0 Å². The number of nitrogens with one attached hydrogen (secondary N) is 2. The van der Waals surface area contributed by atoms with Crippen molar-refractivity contribution in [2.45, 2.75) is 19.9 Å². The van der Waals surface area contributed by atoms with Crippen LogP contribution in [-0.2, 0) is 16.6 Å². The summed E-state index contributed by atoms with van der Waals surface area (Å²) >= 11 is 0. The van der Waals surface area contributed by atoms with E-state index in [2.05, 4.69) is 10.0 Å². The van der Waals surface area contributed by atoms with Crippen molar-refractivity contribution >= 4 is 10.0 Å². The van der Waals surface area contributed by atoms with Gasteiger partial charge in [0.25, 0.3) is 0 Å². The zero-order valence-corrected chi connectivity index (χ0v) is 11.3. The average molecular weight is 274 g/mol. The van der Waals surface area contributed by atoms with Crippen LogP contribution in [0.5, 0.6) is 0 Å². The van der Waals surface area contributed by atoms with Crippen molar-refractivity contribution < 1.29 is 12.8 Å². The van der Waals surface area contributed by atoms with Crippen LogP contribution in [-0.4, -0.2) is 27.3 Å². The molecule has 0 saturated carbocycles. The van der Waals surface area contributed by atoms with Crippen molar-refractivity contribution in [2.75, 3.05) is 18.8 Å². The standard InChI is InChI=1S/C12H19FN2O2S/c1-2-6-14-7-8-18(16,17)15-10-11-4-3-5-12(13)9-11/h3-5,9,14-15H,2,6-8,10H2,1H3. The summed E-state index contributed by atoms with van der Waals surface area (Å²) in [6, 6.07) is 5.88. The van der Waals surface area contributed by atoms with Crippen molar-refractivity contribution in [1.82, 2.24) is 10.0 Å². The monoisotopic (exact) mass is 274 g/mol. The van der Waals surface area contributed by atoms with Crippen LogP contribution in [0.1, 0.15) is 18.9 Å². The summed E-state index contributed by atoms with van der Waals surface area (Å²) in [5, 5.41) is 3.02. The molecule has 0 spiro atoms. The molecule has 102 valence electrons. The highest BCUT2D eigenvalue weighted by molar-refractivity contribution is 7.89. The second kappa shape index (κ2) is 7.45. The highest BCUT2D eigenvalue weighted by Crippen LogP contribution is 2.03. The first kappa shape index (κ1) is 15.1. The van der Waals surface area contributed by atoms with Crippen molar-refractivity contribution in [3.05, 3.63) is 35.6 Å². The lowest BCUT2D eigenvalue weighted by Crippen LogP contribution is -2.31. The van der Waals surface area contributed by atoms with Gasteiger partial charge in [0, 0.05) is 13.1 Å². The Morgan fingerprint density at radius 3 is 2.72 bits per heavy atom. The van der Waals surface area contributed by atoms with Crippen LogP contribution >= 0.6 is 0 Å². The Kier molecular flexibility index (Phi) is 6.24. The van der Waals surface area contributed by atoms with E-state index in [1.807, 2.05) is 6.92 Å². The minimum Gasteiger partial charge on any atom is -0.316 e. The molecule has 6 heteroatoms. The van der Waals surface area contributed by atoms with Gasteiger partial charge in [-0.3, -0.25) is 0 Å². The van der Waals surface area contributed by atoms with Gasteiger partial charge in [-0.25, -0.2) is 17.5 Å². The summed E-state index contributed by atoms with van der Waals surface area (Å²) in [5.74, 6) is -0.334. The third-order valence-electron chi connectivity index (χ3n) is 2.36. The Hall–Kier alpha value is -0.980. The van der Waals surface area contributed by atoms with Crippen molar-refractivity contribution in [1.29, 1.82) is 0 Å². The van der Waals surface area contributed by atoms with Gasteiger partial charge in [0.15, 0.2) is 0 Å². The molecule has 0 atom stereocenters. The quantitative estimate of drug-likeness (QED) is 0.701. The maximum atomic E-state index is 12.9. The van der Waals surface area contributed by atoms with E-state index >= 15 is 0 Å². The first-order chi connectivity index (χ1) is 8.53. The van der Waals surface area contributed by atoms with Crippen molar-refractivity contribution in [2.24, 2.45) is 0 Å². The molecule has 1 rings (SSSR count). The largest absolute Gasteiger partial charge is 0.316 e. The second-order valence-electron chi connectivity index (χ2n) is 4.02. The summed E-state index contributed by atoms with van der Waals surface area (Å²) in [7, 11) is -3.31. The van der Waals surface area contributed by atoms with E-state index < -0.39 is 10.0 Å². The van der Waals surface area contributed by atoms with Crippen molar-refractivity contribution in [3.63, 3.8) is 0 Å². The fraction of sp³-hybridized carbons (Fsp3) is 0.500. The van der Waals surface area contributed by atoms with E-state index in [0.29, 0.717) is 12.1 Å². The Bertz CT molecular complexity index is 463. The van der Waals surface area contributed by atoms with Crippen LogP contribution < -0.4 is 10.0 Å². The Labute approximate surface area is 108 Å². The number of benzene rings is 1. The van der Waals surface area contributed by atoms with Gasteiger partial charge >= 0.3 is 0 Å². The Balaban J connectivity index is 2.37. The third-order valence-corrected chi connectivity index (χ3v) is 3.69. The number of sulfonamides is 1. The first-order valence-corrected chi connectivity index (χ1v) is 7.61. The van der Waals surface area contributed by atoms with Gasteiger partial charge in [-0.2, -0.15) is 0 Å². The van der Waals surface area contributed by atoms with E-state index in [1.54, 1.807) is 12.1 Å². The average Bonchev–Trinajstić information content (AvgIpc) is 2.33. The normalized spacial score (nSPS) is 11.7. The number of hydrogen-bond acceptors (Lipinski definition) is 3. The lowest BCUT2D eigenvalue weighted by Gasteiger charge is -2.07. The van der Waals surface area contributed by atoms with Crippen molar-refractivity contribution in [3.8, 4) is 0 Å². The fourth-order valence-electron chi connectivity index (χ4n) is 1.42. The molecule has 0 aliphatic heterocycles. The smallest absolute Gasteiger partial charge is 0.213 e. The number of halogens is 1. The molecule has 0 aromatic heterocycles. The maximum absolute atomic E-state index is 12.9. The van der Waals surface area contributed by atoms with Crippen LogP contribution in [0.3, 0.4) is 0 Å². The molecular formula is C12H19FN2O2S. The fourth-order valence-corrected chi connectivity index (χ4v) is 2.36. The van der Waals surface area contributed by atoms with E-state index in [9.17, 15) is 12.8 Å². The molecule has 2 N–H and O–H groups in total. The summed E-state index contributed by atoms with van der Waals surface area (Å²) in [6.07, 6.45) is 0.969. The molecule has 1 aromatic rings. The zero-order chi connectivity index (χ0) is 13.4. The lowest BCUT2D eigenvalue weighted by molar-refractivity contribution is 0.575. The van der Waals surface area contributed by atoms with Crippen LogP contribution in [0, 0.1) is 5.82 Å². The first-order valence-electron chi connectivity index (χ1n) is 5.96. The summed E-state index contributed by atoms with van der Waals surface area (Å²) in [5.41, 5.74) is 0.611. The van der Waals surface area contributed by atoms with Gasteiger partial charge < -0.3 is 5.32 Å². The van der Waals surface area contributed by atoms with Gasteiger partial charge in [0.1, 0.15) is 5.82 Å². The molecule has 0 fully saturated rings. The SMILES string of the molecule is CCCNCCS(=O)(=O)NCc1cccc(F)c1. The predicted octanol–water partition coefficient (Wildman–Crippen LogP) is 1.24. The highest BCUT2D eigenvalue weighted by atomic mass is 32.2. The topological polar surface area (TPSA) is 58.2 Å². The van der Waals surface area contributed by atoms with Crippen LogP contribution in [0.15, 0.2) is 24.3 Å². The van der Waals surface area contributed by atoms with Gasteiger partial charge in [-0.05, 0) is 30.7 Å². The van der Waals surface area contributed by atoms with Crippen LogP contribution in [0.25, 0.3) is 0 Å². The molecule has 0 aliphatic carbocycles. The summed E-state index contributed by atoms with van der Waals surface area (Å²) < 4.78 is 38.5. The van der Waals surface area contributed by atoms with Crippen LogP contribution in [0.2, 0.25) is 0 Å². The summed E-state index contributed by atoms with van der Waals surface area (Å²) in [6.45, 7) is 3.36. The highest BCUT2D eigenvalue weighted by Gasteiger charge is 2.09. The van der Waals surface area contributed by atoms with Crippen LogP contribution in [0.4, 0.5) is 4.39 Å². The molecular weight excluding hydrogens is 255 g/mol. The number of rotatable bonds is 8. The predicted molar refractivity (Wildman–Crippen MR) is 70.2 cm³/mol. The van der Waals surface area contributed by atoms with E-state index in [1.165, 1.54) is 12.1 Å². The third kappa shape index (κ3) is 6.09. The molecule has 1 aromatic carbocycles. The molecule has 0 bridgehead atoms. The lowest BCUT2D eigenvalue weighted by atomic mass is 10.2. The summed E-state index contributed by atoms with van der Waals surface area (Å²) in [4.78, 5) is 0. The minimum atomic E-state index is -3.31. The van der Waals surface area contributed by atoms with Gasteiger partial charge in [-0.15, -0.1) is 0 Å². The Morgan fingerprint density at radius 1 is 1.28 bits per heavy atom. The van der Waals surface area contributed by atoms with E-state index in [0.717, 1.165) is 13.0 Å². The molecule has 0 amide bonds. The molecule has 0 aliphatic rings. The Morgan fingerprint density at radius 2 is 2.06 bits per heavy atom. The van der Waals surface area contributed by atoms with Gasteiger partial charge in [0.05, 0.1) is 5.75 Å². The molecule has 0 radical (unpaired) electrons. The maximum Gasteiger partial charge on any atom is 0.213 e. The molecule has 0 heterocycles. The van der Waals surface area contributed by atoms with E-state index in [4.69, 9.17) is 0 Å². The molecule has 4 nitrogen and oxygen atoms in total. The van der Waals surface area contributed by atoms with E-state index in [-0.39, 0.29) is 18.1 Å². The minimum absolute atomic E-state index is 0.0301. The van der Waals surface area contributed by atoms with Gasteiger partial charge in [-0.1, -0.05) is 19.1 Å². The molecule has 0 unspecified atom stereocenters. The second-order valence-corrected chi connectivity index (χ2v) is 5.95. The molecule has 18 heavy (non-hydrogen) atoms. The zero-order valence-electron chi connectivity index (χ0n) is 10.4. The number of hydrogen-bond donors (Lipinski definition) is 2.